The number of para-hydroxylation sites is 1. The number of hydrogen-bond donors (Lipinski definition) is 0. The molecule has 0 N–H and O–H groups in total. The Morgan fingerprint density at radius 3 is 2.19 bits per heavy atom. The molecule has 1 heterocycles. The summed E-state index contributed by atoms with van der Waals surface area (Å²) in [7, 11) is 1.94. The first-order chi connectivity index (χ1) is 12.7. The number of ether oxygens (including phenoxy) is 1. The lowest BCUT2D eigenvalue weighted by Gasteiger charge is -2.35. The van der Waals surface area contributed by atoms with Gasteiger partial charge in [-0.2, -0.15) is 8.78 Å². The molecule has 1 unspecified atom stereocenters. The van der Waals surface area contributed by atoms with E-state index < -0.39 is 40.4 Å². The van der Waals surface area contributed by atoms with Crippen molar-refractivity contribution in [2.45, 2.75) is 31.8 Å². The van der Waals surface area contributed by atoms with Crippen molar-refractivity contribution in [1.29, 1.82) is 0 Å². The normalized spacial score (nSPS) is 19.4. The summed E-state index contributed by atoms with van der Waals surface area (Å²) >= 11 is 0. The van der Waals surface area contributed by atoms with Gasteiger partial charge in [0.05, 0.1) is 0 Å². The van der Waals surface area contributed by atoms with Crippen molar-refractivity contribution in [1.82, 2.24) is 4.57 Å². The van der Waals surface area contributed by atoms with Crippen LogP contribution in [-0.4, -0.2) is 10.2 Å². The van der Waals surface area contributed by atoms with E-state index in [1.54, 1.807) is 6.92 Å². The summed E-state index contributed by atoms with van der Waals surface area (Å²) in [5.74, 6) is -11.3. The zero-order valence-corrected chi connectivity index (χ0v) is 14.7. The molecule has 0 spiro atoms. The minimum Gasteiger partial charge on any atom is -0.481 e. The molecule has 1 aromatic heterocycles. The fourth-order valence-electron chi connectivity index (χ4n) is 3.89. The Balaban J connectivity index is 1.77. The molecule has 0 fully saturated rings. The highest BCUT2D eigenvalue weighted by atomic mass is 19.2. The predicted molar refractivity (Wildman–Crippen MR) is 90.2 cm³/mol. The van der Waals surface area contributed by atoms with E-state index in [2.05, 4.69) is 4.57 Å². The lowest BCUT2D eigenvalue weighted by Crippen LogP contribution is -2.39. The third-order valence-corrected chi connectivity index (χ3v) is 5.30. The van der Waals surface area contributed by atoms with Gasteiger partial charge in [-0.25, -0.2) is 13.2 Å². The molecule has 0 amide bonds. The molecule has 1 aliphatic rings. The first-order valence-electron chi connectivity index (χ1n) is 8.49. The fraction of sp³-hybridized carbons (Fsp3) is 0.300. The summed E-state index contributed by atoms with van der Waals surface area (Å²) in [6, 6.07) is 7.71. The average Bonchev–Trinajstić information content (AvgIpc) is 2.94. The number of aromatic nitrogens is 1. The average molecular weight is 381 g/mol. The summed E-state index contributed by atoms with van der Waals surface area (Å²) in [6.07, 6.45) is 1.24. The molecule has 0 saturated heterocycles. The van der Waals surface area contributed by atoms with Gasteiger partial charge in [0.2, 0.25) is 29.1 Å². The molecule has 0 aliphatic heterocycles. The summed E-state index contributed by atoms with van der Waals surface area (Å²) in [5.41, 5.74) is 1.96. The number of benzene rings is 2. The molecule has 2 aromatic carbocycles. The Hall–Kier alpha value is -2.57. The van der Waals surface area contributed by atoms with Gasteiger partial charge in [0.25, 0.3) is 0 Å². The molecule has 0 saturated carbocycles. The van der Waals surface area contributed by atoms with Gasteiger partial charge >= 0.3 is 0 Å². The summed E-state index contributed by atoms with van der Waals surface area (Å²) in [5, 5.41) is 0.988. The largest absolute Gasteiger partial charge is 0.481 e. The minimum absolute atomic E-state index is 0.295. The Kier molecular flexibility index (Phi) is 3.94. The Morgan fingerprint density at radius 1 is 0.926 bits per heavy atom. The van der Waals surface area contributed by atoms with Crippen molar-refractivity contribution in [3.05, 3.63) is 64.6 Å². The van der Waals surface area contributed by atoms with Crippen molar-refractivity contribution in [2.75, 3.05) is 0 Å². The highest BCUT2D eigenvalue weighted by molar-refractivity contribution is 5.86. The van der Waals surface area contributed by atoms with Gasteiger partial charge in [0, 0.05) is 30.1 Å². The number of aryl methyl sites for hydroxylation is 1. The summed E-state index contributed by atoms with van der Waals surface area (Å²) in [6.45, 7) is 1.62. The molecular formula is C20H16F5NO. The lowest BCUT2D eigenvalue weighted by atomic mass is 9.83. The molecule has 0 radical (unpaired) electrons. The Bertz CT molecular complexity index is 1050. The summed E-state index contributed by atoms with van der Waals surface area (Å²) in [4.78, 5) is 0. The van der Waals surface area contributed by atoms with Crippen molar-refractivity contribution in [2.24, 2.45) is 7.05 Å². The third kappa shape index (κ3) is 2.59. The van der Waals surface area contributed by atoms with Gasteiger partial charge in [-0.15, -0.1) is 0 Å². The van der Waals surface area contributed by atoms with Crippen molar-refractivity contribution in [3.8, 4) is 5.75 Å². The maximum atomic E-state index is 14.0. The second kappa shape index (κ2) is 5.97. The second-order valence-corrected chi connectivity index (χ2v) is 7.13. The zero-order chi connectivity index (χ0) is 19.5. The topological polar surface area (TPSA) is 14.2 Å². The molecule has 4 rings (SSSR count). The number of hydrogen-bond acceptors (Lipinski definition) is 1. The van der Waals surface area contributed by atoms with Gasteiger partial charge in [-0.1, -0.05) is 18.2 Å². The smallest absolute Gasteiger partial charge is 0.207 e. The zero-order valence-electron chi connectivity index (χ0n) is 14.7. The highest BCUT2D eigenvalue weighted by Gasteiger charge is 2.38. The quantitative estimate of drug-likeness (QED) is 0.338. The van der Waals surface area contributed by atoms with Crippen molar-refractivity contribution in [3.63, 3.8) is 0 Å². The van der Waals surface area contributed by atoms with E-state index in [1.165, 1.54) is 0 Å². The van der Waals surface area contributed by atoms with Crippen LogP contribution in [0.3, 0.4) is 0 Å². The molecule has 7 heteroatoms. The monoisotopic (exact) mass is 381 g/mol. The van der Waals surface area contributed by atoms with Gasteiger partial charge < -0.3 is 9.30 Å². The minimum atomic E-state index is -2.19. The van der Waals surface area contributed by atoms with Crippen LogP contribution in [-0.2, 0) is 19.9 Å². The standard InChI is InChI=1S/C20H16F5NO/c1-20(27-19-17(24)15(22)14(21)16(23)18(19)25)8-7-13-11(9-20)10-5-3-4-6-12(10)26(13)2/h3-6H,7-9H2,1-2H3. The SMILES string of the molecule is Cn1c2c(c3ccccc31)CC(C)(Oc1c(F)c(F)c(F)c(F)c1F)CC2. The predicted octanol–water partition coefficient (Wildman–Crippen LogP) is 5.20. The van der Waals surface area contributed by atoms with E-state index in [0.717, 1.165) is 22.2 Å². The Morgan fingerprint density at radius 2 is 1.52 bits per heavy atom. The van der Waals surface area contributed by atoms with E-state index in [-0.39, 0.29) is 0 Å². The highest BCUT2D eigenvalue weighted by Crippen LogP contribution is 2.39. The van der Waals surface area contributed by atoms with E-state index in [1.807, 2.05) is 31.3 Å². The first-order valence-corrected chi connectivity index (χ1v) is 8.49. The first kappa shape index (κ1) is 17.8. The van der Waals surface area contributed by atoms with Gasteiger partial charge in [-0.3, -0.25) is 0 Å². The van der Waals surface area contributed by atoms with Crippen LogP contribution in [0, 0.1) is 29.1 Å². The van der Waals surface area contributed by atoms with Crippen LogP contribution < -0.4 is 4.74 Å². The lowest BCUT2D eigenvalue weighted by molar-refractivity contribution is 0.0608. The van der Waals surface area contributed by atoms with Crippen LogP contribution in [0.15, 0.2) is 24.3 Å². The number of fused-ring (bicyclic) bond motifs is 3. The maximum Gasteiger partial charge on any atom is 0.207 e. The van der Waals surface area contributed by atoms with E-state index >= 15 is 0 Å². The molecule has 3 aromatic rings. The van der Waals surface area contributed by atoms with Crippen LogP contribution in [0.4, 0.5) is 22.0 Å². The molecule has 1 aliphatic carbocycles. The number of halogens is 5. The van der Waals surface area contributed by atoms with E-state index in [0.29, 0.717) is 19.3 Å². The fourth-order valence-corrected chi connectivity index (χ4v) is 3.89. The number of nitrogens with zero attached hydrogens (tertiary/aromatic N) is 1. The maximum absolute atomic E-state index is 14.0. The second-order valence-electron chi connectivity index (χ2n) is 7.13. The number of rotatable bonds is 2. The third-order valence-electron chi connectivity index (χ3n) is 5.30. The van der Waals surface area contributed by atoms with Crippen molar-refractivity contribution < 1.29 is 26.7 Å². The van der Waals surface area contributed by atoms with E-state index in [9.17, 15) is 22.0 Å². The van der Waals surface area contributed by atoms with Crippen LogP contribution in [0.1, 0.15) is 24.6 Å². The van der Waals surface area contributed by atoms with Crippen molar-refractivity contribution >= 4 is 10.9 Å². The van der Waals surface area contributed by atoms with Gasteiger partial charge in [0.1, 0.15) is 5.60 Å². The molecule has 27 heavy (non-hydrogen) atoms. The van der Waals surface area contributed by atoms with Gasteiger partial charge in [-0.05, 0) is 31.4 Å². The molecular weight excluding hydrogens is 365 g/mol. The van der Waals surface area contributed by atoms with Crippen LogP contribution in [0.25, 0.3) is 10.9 Å². The van der Waals surface area contributed by atoms with E-state index in [4.69, 9.17) is 4.74 Å². The van der Waals surface area contributed by atoms with Crippen LogP contribution in [0.2, 0.25) is 0 Å². The molecule has 2 nitrogen and oxygen atoms in total. The molecule has 142 valence electrons. The summed E-state index contributed by atoms with van der Waals surface area (Å²) < 4.78 is 75.8. The Labute approximate surface area is 152 Å². The van der Waals surface area contributed by atoms with Crippen LogP contribution >= 0.6 is 0 Å². The molecule has 0 bridgehead atoms. The van der Waals surface area contributed by atoms with Gasteiger partial charge in [0.15, 0.2) is 5.75 Å². The van der Waals surface area contributed by atoms with Crippen LogP contribution in [0.5, 0.6) is 5.75 Å². The molecule has 1 atom stereocenters.